The Morgan fingerprint density at radius 1 is 1.12 bits per heavy atom. The van der Waals surface area contributed by atoms with Crippen LogP contribution in [0.15, 0.2) is 47.5 Å². The van der Waals surface area contributed by atoms with Gasteiger partial charge in [0.1, 0.15) is 10.6 Å². The van der Waals surface area contributed by atoms with Crippen molar-refractivity contribution in [2.24, 2.45) is 0 Å². The van der Waals surface area contributed by atoms with Crippen LogP contribution in [0.2, 0.25) is 0 Å². The zero-order chi connectivity index (χ0) is 12.5. The van der Waals surface area contributed by atoms with Gasteiger partial charge in [0.2, 0.25) is 0 Å². The zero-order valence-electron chi connectivity index (χ0n) is 8.65. The molecule has 1 aromatic carbocycles. The van der Waals surface area contributed by atoms with Gasteiger partial charge in [-0.3, -0.25) is 9.35 Å². The van der Waals surface area contributed by atoms with Crippen molar-refractivity contribution in [3.63, 3.8) is 0 Å². The van der Waals surface area contributed by atoms with Crippen molar-refractivity contribution in [1.82, 2.24) is 4.57 Å². The Balaban J connectivity index is 2.67. The molecule has 1 heterocycles. The highest BCUT2D eigenvalue weighted by molar-refractivity contribution is 7.86. The van der Waals surface area contributed by atoms with Gasteiger partial charge in [-0.15, -0.1) is 0 Å². The molecule has 0 aliphatic rings. The molecule has 0 amide bonds. The second-order valence-corrected chi connectivity index (χ2v) is 4.75. The molecule has 2 rings (SSSR count). The van der Waals surface area contributed by atoms with Gasteiger partial charge in [-0.2, -0.15) is 8.42 Å². The molecule has 0 saturated carbocycles. The molecule has 0 unspecified atom stereocenters. The Hall–Kier alpha value is -1.92. The first-order valence-electron chi connectivity index (χ1n) is 4.73. The van der Waals surface area contributed by atoms with E-state index in [4.69, 9.17) is 4.55 Å². The minimum atomic E-state index is -4.38. The Morgan fingerprint density at radius 2 is 1.76 bits per heavy atom. The van der Waals surface area contributed by atoms with Crippen molar-refractivity contribution < 1.29 is 17.8 Å². The number of benzene rings is 1. The van der Waals surface area contributed by atoms with Crippen LogP contribution >= 0.6 is 0 Å². The first kappa shape index (κ1) is 11.6. The van der Waals surface area contributed by atoms with Gasteiger partial charge in [-0.05, 0) is 18.2 Å². The van der Waals surface area contributed by atoms with Crippen molar-refractivity contribution in [1.29, 1.82) is 0 Å². The summed E-state index contributed by atoms with van der Waals surface area (Å²) in [7, 11) is -4.38. The lowest BCUT2D eigenvalue weighted by Gasteiger charge is -2.05. The Bertz CT molecular complexity index is 643. The molecule has 88 valence electrons. The van der Waals surface area contributed by atoms with Gasteiger partial charge in [0.15, 0.2) is 6.29 Å². The third kappa shape index (κ3) is 2.13. The number of para-hydroxylation sites is 1. The van der Waals surface area contributed by atoms with Crippen LogP contribution in [0.25, 0.3) is 5.69 Å². The SMILES string of the molecule is O=Cc1c(S(=O)(=O)O)ccn1-c1ccccc1. The second kappa shape index (κ2) is 4.15. The van der Waals surface area contributed by atoms with Gasteiger partial charge in [-0.1, -0.05) is 18.2 Å². The topological polar surface area (TPSA) is 76.4 Å². The van der Waals surface area contributed by atoms with Crippen LogP contribution in [0, 0.1) is 0 Å². The summed E-state index contributed by atoms with van der Waals surface area (Å²) < 4.78 is 32.4. The summed E-state index contributed by atoms with van der Waals surface area (Å²) in [5, 5.41) is 0. The fourth-order valence-corrected chi connectivity index (χ4v) is 2.22. The van der Waals surface area contributed by atoms with Gasteiger partial charge in [-0.25, -0.2) is 0 Å². The summed E-state index contributed by atoms with van der Waals surface area (Å²) in [6, 6.07) is 9.96. The van der Waals surface area contributed by atoms with Crippen molar-refractivity contribution >= 4 is 16.4 Å². The lowest BCUT2D eigenvalue weighted by atomic mass is 10.3. The van der Waals surface area contributed by atoms with Crippen molar-refractivity contribution in [3.8, 4) is 5.69 Å². The number of aldehydes is 1. The van der Waals surface area contributed by atoms with Gasteiger partial charge in [0, 0.05) is 11.9 Å². The van der Waals surface area contributed by atoms with E-state index in [1.165, 1.54) is 16.8 Å². The molecule has 0 radical (unpaired) electrons. The zero-order valence-corrected chi connectivity index (χ0v) is 9.46. The molecule has 0 fully saturated rings. The van der Waals surface area contributed by atoms with Crippen LogP contribution < -0.4 is 0 Å². The van der Waals surface area contributed by atoms with Crippen LogP contribution in [-0.4, -0.2) is 23.8 Å². The average molecular weight is 251 g/mol. The summed E-state index contributed by atoms with van der Waals surface area (Å²) in [5.41, 5.74) is 0.545. The molecule has 0 saturated heterocycles. The van der Waals surface area contributed by atoms with E-state index in [1.807, 2.05) is 0 Å². The number of hydrogen-bond acceptors (Lipinski definition) is 3. The first-order chi connectivity index (χ1) is 8.04. The molecule has 1 N–H and O–H groups in total. The van der Waals surface area contributed by atoms with Crippen molar-refractivity contribution in [2.45, 2.75) is 4.90 Å². The Labute approximate surface area is 98.1 Å². The summed E-state index contributed by atoms with van der Waals surface area (Å²) >= 11 is 0. The maximum absolute atomic E-state index is 11.0. The number of carbonyl (C=O) groups excluding carboxylic acids is 1. The van der Waals surface area contributed by atoms with Gasteiger partial charge < -0.3 is 4.57 Å². The van der Waals surface area contributed by atoms with E-state index in [2.05, 4.69) is 0 Å². The lowest BCUT2D eigenvalue weighted by molar-refractivity contribution is 0.111. The van der Waals surface area contributed by atoms with E-state index >= 15 is 0 Å². The molecule has 5 nitrogen and oxygen atoms in total. The first-order valence-corrected chi connectivity index (χ1v) is 6.17. The normalized spacial score (nSPS) is 11.4. The van der Waals surface area contributed by atoms with Gasteiger partial charge in [0.25, 0.3) is 10.1 Å². The predicted molar refractivity (Wildman–Crippen MR) is 61.0 cm³/mol. The fraction of sp³-hybridized carbons (Fsp3) is 0. The third-order valence-electron chi connectivity index (χ3n) is 2.31. The maximum Gasteiger partial charge on any atom is 0.296 e. The number of carbonyl (C=O) groups is 1. The predicted octanol–water partition coefficient (Wildman–Crippen LogP) is 1.54. The molecule has 0 atom stereocenters. The minimum Gasteiger partial charge on any atom is -0.313 e. The van der Waals surface area contributed by atoms with E-state index in [1.54, 1.807) is 30.3 Å². The number of aromatic nitrogens is 1. The average Bonchev–Trinajstić information content (AvgIpc) is 2.73. The van der Waals surface area contributed by atoms with Crippen LogP contribution in [0.5, 0.6) is 0 Å². The standard InChI is InChI=1S/C11H9NO4S/c13-8-10-11(17(14,15)16)6-7-12(10)9-4-2-1-3-5-9/h1-8H,(H,14,15,16). The number of hydrogen-bond donors (Lipinski definition) is 1. The van der Waals surface area contributed by atoms with E-state index in [-0.39, 0.29) is 5.69 Å². The van der Waals surface area contributed by atoms with Crippen LogP contribution in [0.3, 0.4) is 0 Å². The largest absolute Gasteiger partial charge is 0.313 e. The Kier molecular flexibility index (Phi) is 2.83. The molecular weight excluding hydrogens is 242 g/mol. The highest BCUT2D eigenvalue weighted by atomic mass is 32.2. The maximum atomic E-state index is 11.0. The summed E-state index contributed by atoms with van der Waals surface area (Å²) in [4.78, 5) is 10.5. The van der Waals surface area contributed by atoms with Crippen molar-refractivity contribution in [2.75, 3.05) is 0 Å². The van der Waals surface area contributed by atoms with E-state index in [0.717, 1.165) is 0 Å². The number of nitrogens with zero attached hydrogens (tertiary/aromatic N) is 1. The molecule has 2 aromatic rings. The quantitative estimate of drug-likeness (QED) is 0.663. The lowest BCUT2D eigenvalue weighted by Crippen LogP contribution is -2.04. The van der Waals surface area contributed by atoms with E-state index in [0.29, 0.717) is 12.0 Å². The third-order valence-corrected chi connectivity index (χ3v) is 3.21. The molecular formula is C11H9NO4S. The van der Waals surface area contributed by atoms with Crippen LogP contribution in [-0.2, 0) is 10.1 Å². The minimum absolute atomic E-state index is 0.0984. The summed E-state index contributed by atoms with van der Waals surface area (Å²) in [6.45, 7) is 0. The highest BCUT2D eigenvalue weighted by Crippen LogP contribution is 2.19. The molecule has 6 heteroatoms. The molecule has 0 aliphatic heterocycles. The highest BCUT2D eigenvalue weighted by Gasteiger charge is 2.19. The molecule has 0 aliphatic carbocycles. The van der Waals surface area contributed by atoms with Gasteiger partial charge >= 0.3 is 0 Å². The summed E-state index contributed by atoms with van der Waals surface area (Å²) in [6.07, 6.45) is 1.82. The molecule has 1 aromatic heterocycles. The molecule has 17 heavy (non-hydrogen) atoms. The van der Waals surface area contributed by atoms with Gasteiger partial charge in [0.05, 0.1) is 0 Å². The van der Waals surface area contributed by atoms with E-state index in [9.17, 15) is 13.2 Å². The second-order valence-electron chi connectivity index (χ2n) is 3.36. The van der Waals surface area contributed by atoms with Crippen molar-refractivity contribution in [3.05, 3.63) is 48.3 Å². The monoisotopic (exact) mass is 251 g/mol. The van der Waals surface area contributed by atoms with E-state index < -0.39 is 15.0 Å². The summed E-state index contributed by atoms with van der Waals surface area (Å²) in [5.74, 6) is 0. The van der Waals surface area contributed by atoms with Crippen LogP contribution in [0.1, 0.15) is 10.5 Å². The number of rotatable bonds is 3. The Morgan fingerprint density at radius 3 is 2.29 bits per heavy atom. The smallest absolute Gasteiger partial charge is 0.296 e. The molecule has 0 bridgehead atoms. The fourth-order valence-electron chi connectivity index (χ4n) is 1.57. The van der Waals surface area contributed by atoms with Crippen LogP contribution in [0.4, 0.5) is 0 Å². The molecule has 0 spiro atoms.